The molecule has 1 aliphatic heterocycles. The molecule has 162 valence electrons. The van der Waals surface area contributed by atoms with Gasteiger partial charge >= 0.3 is 0 Å². The normalized spacial score (nSPS) is 13.1. The lowest BCUT2D eigenvalue weighted by atomic mass is 9.97. The lowest BCUT2D eigenvalue weighted by Crippen LogP contribution is -2.27. The maximum absolute atomic E-state index is 12.9. The molecule has 2 aromatic carbocycles. The highest BCUT2D eigenvalue weighted by atomic mass is 79.9. The van der Waals surface area contributed by atoms with Crippen molar-refractivity contribution in [2.75, 3.05) is 18.4 Å². The average molecular weight is 491 g/mol. The van der Waals surface area contributed by atoms with Crippen molar-refractivity contribution in [2.45, 2.75) is 19.3 Å². The van der Waals surface area contributed by atoms with Crippen molar-refractivity contribution in [1.29, 1.82) is 5.41 Å². The van der Waals surface area contributed by atoms with Gasteiger partial charge in [0.15, 0.2) is 5.78 Å². The minimum absolute atomic E-state index is 0.0775. The van der Waals surface area contributed by atoms with Crippen molar-refractivity contribution in [2.24, 2.45) is 0 Å². The first kappa shape index (κ1) is 21.9. The van der Waals surface area contributed by atoms with Crippen LogP contribution in [0, 0.1) is 5.41 Å². The Kier molecular flexibility index (Phi) is 6.75. The van der Waals surface area contributed by atoms with Gasteiger partial charge in [-0.1, -0.05) is 42.5 Å². The molecule has 0 spiro atoms. The van der Waals surface area contributed by atoms with Crippen molar-refractivity contribution in [3.63, 3.8) is 0 Å². The zero-order chi connectivity index (χ0) is 22.5. The number of aromatic nitrogens is 1. The topological polar surface area (TPSA) is 86.1 Å². The van der Waals surface area contributed by atoms with E-state index in [0.29, 0.717) is 28.3 Å². The Morgan fingerprint density at radius 3 is 2.34 bits per heavy atom. The highest BCUT2D eigenvalue weighted by molar-refractivity contribution is 9.10. The minimum atomic E-state index is -0.308. The SMILES string of the molecule is N=C(c1ccc(C(=O)Cc2ccccc2C(=O)Nc2ccc(Br)cn2)cc1)N1CCCC1. The summed E-state index contributed by atoms with van der Waals surface area (Å²) < 4.78 is 0.822. The van der Waals surface area contributed by atoms with E-state index in [-0.39, 0.29) is 18.1 Å². The molecule has 0 bridgehead atoms. The van der Waals surface area contributed by atoms with Crippen LogP contribution in [0.4, 0.5) is 5.82 Å². The van der Waals surface area contributed by atoms with Gasteiger partial charge in [-0.2, -0.15) is 0 Å². The molecular weight excluding hydrogens is 468 g/mol. The molecule has 0 radical (unpaired) electrons. The van der Waals surface area contributed by atoms with Crippen LogP contribution in [0.3, 0.4) is 0 Å². The standard InChI is InChI=1S/C25H23BrN4O2/c26-20-11-12-23(28-16-20)29-25(32)21-6-2-1-5-19(21)15-22(31)17-7-9-18(10-8-17)24(27)30-13-3-4-14-30/h1-2,5-12,16,27H,3-4,13-15H2,(H,28,29,32). The van der Waals surface area contributed by atoms with Gasteiger partial charge in [0.05, 0.1) is 0 Å². The first-order valence-electron chi connectivity index (χ1n) is 10.5. The number of likely N-dealkylation sites (tertiary alicyclic amines) is 1. The number of amidine groups is 1. The second-order valence-corrected chi connectivity index (χ2v) is 8.61. The van der Waals surface area contributed by atoms with Crippen molar-refractivity contribution in [3.05, 3.63) is 93.6 Å². The van der Waals surface area contributed by atoms with Crippen molar-refractivity contribution >= 4 is 39.3 Å². The zero-order valence-electron chi connectivity index (χ0n) is 17.5. The molecule has 1 saturated heterocycles. The number of amides is 1. The van der Waals surface area contributed by atoms with Gasteiger partial charge in [-0.05, 0) is 52.5 Å². The van der Waals surface area contributed by atoms with Gasteiger partial charge in [0, 0.05) is 46.9 Å². The molecule has 1 aromatic heterocycles. The van der Waals surface area contributed by atoms with E-state index in [1.807, 2.05) is 18.2 Å². The molecular formula is C25H23BrN4O2. The lowest BCUT2D eigenvalue weighted by Gasteiger charge is -2.18. The summed E-state index contributed by atoms with van der Waals surface area (Å²) in [6, 6.07) is 17.8. The Balaban J connectivity index is 1.46. The number of ketones is 1. The zero-order valence-corrected chi connectivity index (χ0v) is 19.1. The molecule has 0 aliphatic carbocycles. The first-order valence-corrected chi connectivity index (χ1v) is 11.3. The lowest BCUT2D eigenvalue weighted by molar-refractivity contribution is 0.0992. The second-order valence-electron chi connectivity index (χ2n) is 7.69. The van der Waals surface area contributed by atoms with Gasteiger partial charge in [0.1, 0.15) is 11.7 Å². The van der Waals surface area contributed by atoms with Crippen LogP contribution in [0.25, 0.3) is 0 Å². The fourth-order valence-electron chi connectivity index (χ4n) is 3.74. The van der Waals surface area contributed by atoms with Crippen LogP contribution in [0.5, 0.6) is 0 Å². The molecule has 2 N–H and O–H groups in total. The minimum Gasteiger partial charge on any atom is -0.357 e. The number of rotatable bonds is 6. The van der Waals surface area contributed by atoms with E-state index in [9.17, 15) is 9.59 Å². The summed E-state index contributed by atoms with van der Waals surface area (Å²) in [5.74, 6) is 0.560. The molecule has 3 aromatic rings. The van der Waals surface area contributed by atoms with Gasteiger partial charge in [0.2, 0.25) is 0 Å². The fraction of sp³-hybridized carbons (Fsp3) is 0.200. The molecule has 0 unspecified atom stereocenters. The summed E-state index contributed by atoms with van der Waals surface area (Å²) in [6.07, 6.45) is 3.95. The van der Waals surface area contributed by atoms with Crippen LogP contribution in [0.1, 0.15) is 44.7 Å². The molecule has 0 saturated carbocycles. The van der Waals surface area contributed by atoms with E-state index in [1.54, 1.807) is 48.7 Å². The van der Waals surface area contributed by atoms with Crippen molar-refractivity contribution in [3.8, 4) is 0 Å². The average Bonchev–Trinajstić information content (AvgIpc) is 3.35. The summed E-state index contributed by atoms with van der Waals surface area (Å²) in [7, 11) is 0. The molecule has 1 aliphatic rings. The Morgan fingerprint density at radius 2 is 1.66 bits per heavy atom. The fourth-order valence-corrected chi connectivity index (χ4v) is 3.98. The third-order valence-electron chi connectivity index (χ3n) is 5.48. The highest BCUT2D eigenvalue weighted by Crippen LogP contribution is 2.18. The monoisotopic (exact) mass is 490 g/mol. The predicted octanol–water partition coefficient (Wildman–Crippen LogP) is 4.94. The quantitative estimate of drug-likeness (QED) is 0.291. The van der Waals surface area contributed by atoms with E-state index >= 15 is 0 Å². The van der Waals surface area contributed by atoms with Crippen LogP contribution in [0.2, 0.25) is 0 Å². The summed E-state index contributed by atoms with van der Waals surface area (Å²) in [5, 5.41) is 11.1. The van der Waals surface area contributed by atoms with Crippen LogP contribution in [-0.4, -0.2) is 40.5 Å². The number of carbonyl (C=O) groups is 2. The third-order valence-corrected chi connectivity index (χ3v) is 5.95. The molecule has 1 fully saturated rings. The number of Topliss-reactive ketones (excluding diaryl/α,β-unsaturated/α-hetero) is 1. The molecule has 2 heterocycles. The number of hydrogen-bond acceptors (Lipinski definition) is 4. The van der Waals surface area contributed by atoms with E-state index < -0.39 is 0 Å². The number of hydrogen-bond donors (Lipinski definition) is 2. The Hall–Kier alpha value is -3.32. The highest BCUT2D eigenvalue weighted by Gasteiger charge is 2.18. The molecule has 1 amide bonds. The molecule has 7 heteroatoms. The smallest absolute Gasteiger partial charge is 0.257 e. The number of pyridine rings is 1. The van der Waals surface area contributed by atoms with Gasteiger partial charge < -0.3 is 10.2 Å². The third kappa shape index (κ3) is 5.11. The number of halogens is 1. The van der Waals surface area contributed by atoms with E-state index in [1.165, 1.54) is 0 Å². The molecule has 4 rings (SSSR count). The molecule has 6 nitrogen and oxygen atoms in total. The number of carbonyl (C=O) groups excluding carboxylic acids is 2. The van der Waals surface area contributed by atoms with Gasteiger partial charge in [-0.15, -0.1) is 0 Å². The maximum atomic E-state index is 12.9. The Morgan fingerprint density at radius 1 is 0.969 bits per heavy atom. The summed E-state index contributed by atoms with van der Waals surface area (Å²) >= 11 is 3.32. The number of nitrogens with zero attached hydrogens (tertiary/aromatic N) is 2. The number of anilines is 1. The number of benzene rings is 2. The van der Waals surface area contributed by atoms with Crippen LogP contribution >= 0.6 is 15.9 Å². The first-order chi connectivity index (χ1) is 15.5. The van der Waals surface area contributed by atoms with Crippen LogP contribution in [-0.2, 0) is 6.42 Å². The molecule has 32 heavy (non-hydrogen) atoms. The van der Waals surface area contributed by atoms with E-state index in [4.69, 9.17) is 5.41 Å². The summed E-state index contributed by atoms with van der Waals surface area (Å²) in [4.78, 5) is 31.9. The predicted molar refractivity (Wildman–Crippen MR) is 128 cm³/mol. The number of nitrogens with one attached hydrogen (secondary N) is 2. The van der Waals surface area contributed by atoms with Crippen LogP contribution in [0.15, 0.2) is 71.3 Å². The van der Waals surface area contributed by atoms with E-state index in [2.05, 4.69) is 31.1 Å². The van der Waals surface area contributed by atoms with Gasteiger partial charge in [-0.25, -0.2) is 4.98 Å². The Labute approximate surface area is 195 Å². The second kappa shape index (κ2) is 9.87. The Bertz CT molecular complexity index is 1140. The van der Waals surface area contributed by atoms with Crippen molar-refractivity contribution < 1.29 is 9.59 Å². The van der Waals surface area contributed by atoms with Crippen LogP contribution < -0.4 is 5.32 Å². The largest absolute Gasteiger partial charge is 0.357 e. The summed E-state index contributed by atoms with van der Waals surface area (Å²) in [6.45, 7) is 1.82. The van der Waals surface area contributed by atoms with Gasteiger partial charge in [0.25, 0.3) is 5.91 Å². The van der Waals surface area contributed by atoms with E-state index in [0.717, 1.165) is 36.0 Å². The summed E-state index contributed by atoms with van der Waals surface area (Å²) in [5.41, 5.74) is 2.47. The molecule has 0 atom stereocenters. The van der Waals surface area contributed by atoms with Crippen molar-refractivity contribution in [1.82, 2.24) is 9.88 Å². The maximum Gasteiger partial charge on any atom is 0.257 e. The van der Waals surface area contributed by atoms with Gasteiger partial charge in [-0.3, -0.25) is 15.0 Å².